The van der Waals surface area contributed by atoms with Crippen molar-refractivity contribution in [2.24, 2.45) is 11.8 Å². The summed E-state index contributed by atoms with van der Waals surface area (Å²) in [6, 6.07) is 16.7. The number of hydrogen-bond acceptors (Lipinski definition) is 4. The van der Waals surface area contributed by atoms with Crippen LogP contribution in [0.5, 0.6) is 5.75 Å². The quantitative estimate of drug-likeness (QED) is 0.755. The number of fused-ring (bicyclic) bond motifs is 4. The van der Waals surface area contributed by atoms with E-state index in [1.165, 1.54) is 18.4 Å². The Kier molecular flexibility index (Phi) is 5.41. The topological polar surface area (TPSA) is 56.6 Å². The van der Waals surface area contributed by atoms with Gasteiger partial charge in [0.05, 0.1) is 18.7 Å². The largest absolute Gasteiger partial charge is 0.496 e. The molecule has 160 valence electrons. The van der Waals surface area contributed by atoms with Crippen molar-refractivity contribution in [2.45, 2.75) is 38.3 Å². The molecular formula is C26H29N3O2. The summed E-state index contributed by atoms with van der Waals surface area (Å²) in [6.07, 6.45) is 4.23. The first-order chi connectivity index (χ1) is 15.1. The number of carbonyl (C=O) groups excluding carboxylic acids is 1. The summed E-state index contributed by atoms with van der Waals surface area (Å²) in [5.74, 6) is 2.42. The fourth-order valence-electron chi connectivity index (χ4n) is 5.90. The number of likely N-dealkylation sites (tertiary alicyclic amines) is 1. The van der Waals surface area contributed by atoms with E-state index >= 15 is 0 Å². The van der Waals surface area contributed by atoms with Crippen molar-refractivity contribution in [1.29, 1.82) is 5.26 Å². The molecule has 5 rings (SSSR count). The maximum atomic E-state index is 12.4. The van der Waals surface area contributed by atoms with Crippen molar-refractivity contribution in [3.05, 3.63) is 53.6 Å². The molecule has 0 radical (unpaired) electrons. The van der Waals surface area contributed by atoms with E-state index in [2.05, 4.69) is 34.1 Å². The number of carbonyl (C=O) groups is 1. The summed E-state index contributed by atoms with van der Waals surface area (Å²) in [6.45, 7) is 3.99. The van der Waals surface area contributed by atoms with Gasteiger partial charge in [0, 0.05) is 44.2 Å². The molecule has 2 aromatic carbocycles. The van der Waals surface area contributed by atoms with Crippen molar-refractivity contribution in [1.82, 2.24) is 9.80 Å². The Morgan fingerprint density at radius 3 is 2.74 bits per heavy atom. The van der Waals surface area contributed by atoms with Crippen LogP contribution in [0.1, 0.15) is 36.8 Å². The van der Waals surface area contributed by atoms with Crippen LogP contribution < -0.4 is 4.74 Å². The van der Waals surface area contributed by atoms with E-state index in [9.17, 15) is 4.79 Å². The summed E-state index contributed by atoms with van der Waals surface area (Å²) >= 11 is 0. The molecule has 3 heterocycles. The molecule has 0 unspecified atom stereocenters. The summed E-state index contributed by atoms with van der Waals surface area (Å²) in [4.78, 5) is 17.2. The number of rotatable bonds is 4. The van der Waals surface area contributed by atoms with Crippen LogP contribution in [0.15, 0.2) is 42.5 Å². The first-order valence-electron chi connectivity index (χ1n) is 11.3. The Hall–Kier alpha value is -2.84. The van der Waals surface area contributed by atoms with E-state index in [0.717, 1.165) is 55.9 Å². The minimum absolute atomic E-state index is 0.376. The lowest BCUT2D eigenvalue weighted by Gasteiger charge is -2.52. The maximum absolute atomic E-state index is 12.4. The van der Waals surface area contributed by atoms with Gasteiger partial charge in [-0.15, -0.1) is 0 Å². The second-order valence-electron chi connectivity index (χ2n) is 9.29. The third-order valence-corrected chi connectivity index (χ3v) is 7.25. The van der Waals surface area contributed by atoms with Crippen LogP contribution in [0.3, 0.4) is 0 Å². The zero-order chi connectivity index (χ0) is 21.4. The van der Waals surface area contributed by atoms with E-state index in [0.29, 0.717) is 29.3 Å². The van der Waals surface area contributed by atoms with Gasteiger partial charge in [0.15, 0.2) is 0 Å². The molecule has 0 aromatic heterocycles. The van der Waals surface area contributed by atoms with E-state index in [1.54, 1.807) is 7.11 Å². The van der Waals surface area contributed by atoms with E-state index in [-0.39, 0.29) is 0 Å². The zero-order valence-electron chi connectivity index (χ0n) is 18.1. The summed E-state index contributed by atoms with van der Waals surface area (Å²) < 4.78 is 5.62. The van der Waals surface area contributed by atoms with Gasteiger partial charge < -0.3 is 9.64 Å². The monoisotopic (exact) mass is 415 g/mol. The number of nitriles is 1. The average molecular weight is 416 g/mol. The number of nitrogens with zero attached hydrogens (tertiary/aromatic N) is 3. The molecule has 0 aliphatic carbocycles. The van der Waals surface area contributed by atoms with Gasteiger partial charge in [-0.1, -0.05) is 18.2 Å². The first kappa shape index (κ1) is 20.1. The molecule has 31 heavy (non-hydrogen) atoms. The highest BCUT2D eigenvalue weighted by Crippen LogP contribution is 2.39. The van der Waals surface area contributed by atoms with Crippen molar-refractivity contribution in [3.63, 3.8) is 0 Å². The second kappa shape index (κ2) is 8.36. The molecule has 0 saturated carbocycles. The Labute approximate surface area is 184 Å². The molecule has 5 heteroatoms. The minimum Gasteiger partial charge on any atom is -0.496 e. The van der Waals surface area contributed by atoms with Crippen LogP contribution in [-0.4, -0.2) is 48.5 Å². The molecule has 0 spiro atoms. The lowest BCUT2D eigenvalue weighted by molar-refractivity contribution is -0.145. The lowest BCUT2D eigenvalue weighted by atomic mass is 9.76. The fraction of sp³-hybridized carbons (Fsp3) is 0.462. The summed E-state index contributed by atoms with van der Waals surface area (Å²) in [5, 5.41) is 9.08. The smallest absolute Gasteiger partial charge is 0.222 e. The lowest BCUT2D eigenvalue weighted by Crippen LogP contribution is -2.60. The highest BCUT2D eigenvalue weighted by atomic mass is 16.5. The van der Waals surface area contributed by atoms with Gasteiger partial charge in [-0.05, 0) is 66.5 Å². The van der Waals surface area contributed by atoms with Crippen molar-refractivity contribution >= 4 is 5.91 Å². The molecule has 0 N–H and O–H groups in total. The molecule has 2 aromatic rings. The third kappa shape index (κ3) is 3.93. The van der Waals surface area contributed by atoms with E-state index < -0.39 is 0 Å². The van der Waals surface area contributed by atoms with Crippen LogP contribution in [0.4, 0.5) is 0 Å². The number of amides is 1. The predicted octanol–water partition coefficient (Wildman–Crippen LogP) is 4.07. The number of ether oxygens (including phenoxy) is 1. The SMILES string of the molecule is COc1ccc(CN2C[C@@H]3C[C@H](C2)[C@@H]2CCCC(=O)N2C3)cc1-c1ccc(C#N)cc1. The molecule has 3 aliphatic rings. The molecule has 3 fully saturated rings. The van der Waals surface area contributed by atoms with Crippen LogP contribution in [0, 0.1) is 23.2 Å². The maximum Gasteiger partial charge on any atom is 0.222 e. The van der Waals surface area contributed by atoms with Gasteiger partial charge in [-0.25, -0.2) is 0 Å². The van der Waals surface area contributed by atoms with Crippen LogP contribution in [0.2, 0.25) is 0 Å². The number of benzene rings is 2. The normalized spacial score (nSPS) is 25.6. The highest BCUT2D eigenvalue weighted by Gasteiger charge is 2.43. The van der Waals surface area contributed by atoms with Gasteiger partial charge in [0.2, 0.25) is 5.91 Å². The van der Waals surface area contributed by atoms with Crippen molar-refractivity contribution in [2.75, 3.05) is 26.7 Å². The molecule has 3 saturated heterocycles. The molecule has 5 nitrogen and oxygen atoms in total. The van der Waals surface area contributed by atoms with Gasteiger partial charge in [-0.2, -0.15) is 5.26 Å². The zero-order valence-corrected chi connectivity index (χ0v) is 18.1. The van der Waals surface area contributed by atoms with Crippen molar-refractivity contribution < 1.29 is 9.53 Å². The van der Waals surface area contributed by atoms with E-state index in [1.807, 2.05) is 24.3 Å². The van der Waals surface area contributed by atoms with Crippen molar-refractivity contribution in [3.8, 4) is 22.9 Å². The van der Waals surface area contributed by atoms with Gasteiger partial charge in [-0.3, -0.25) is 9.69 Å². The van der Waals surface area contributed by atoms with Crippen LogP contribution in [-0.2, 0) is 11.3 Å². The van der Waals surface area contributed by atoms with Crippen LogP contribution in [0.25, 0.3) is 11.1 Å². The van der Waals surface area contributed by atoms with Gasteiger partial charge in [0.25, 0.3) is 0 Å². The number of piperidine rings is 3. The number of methoxy groups -OCH3 is 1. The van der Waals surface area contributed by atoms with E-state index in [4.69, 9.17) is 10.00 Å². The predicted molar refractivity (Wildman–Crippen MR) is 119 cm³/mol. The third-order valence-electron chi connectivity index (χ3n) is 7.25. The molecule has 1 amide bonds. The van der Waals surface area contributed by atoms with Gasteiger partial charge >= 0.3 is 0 Å². The Bertz CT molecular complexity index is 1010. The standard InChI is InChI=1S/C26H29N3O2/c1-31-25-10-7-19(12-23(25)21-8-5-18(13-27)6-9-21)14-28-15-20-11-22(17-28)24-3-2-4-26(30)29(24)16-20/h5-10,12,20,22,24H,2-4,11,14-17H2,1H3/t20-,22+,24-/m0/s1. The summed E-state index contributed by atoms with van der Waals surface area (Å²) in [7, 11) is 1.70. The Morgan fingerprint density at radius 1 is 1.13 bits per heavy atom. The molecule has 3 aliphatic heterocycles. The molecular weight excluding hydrogens is 386 g/mol. The Morgan fingerprint density at radius 2 is 1.97 bits per heavy atom. The average Bonchev–Trinajstić information content (AvgIpc) is 2.80. The fourth-order valence-corrected chi connectivity index (χ4v) is 5.90. The van der Waals surface area contributed by atoms with Gasteiger partial charge in [0.1, 0.15) is 5.75 Å². The molecule has 3 atom stereocenters. The highest BCUT2D eigenvalue weighted by molar-refractivity contribution is 5.77. The number of hydrogen-bond donors (Lipinski definition) is 0. The van der Waals surface area contributed by atoms with Crippen LogP contribution >= 0.6 is 0 Å². The second-order valence-corrected chi connectivity index (χ2v) is 9.29. The minimum atomic E-state index is 0.376. The first-order valence-corrected chi connectivity index (χ1v) is 11.3. The summed E-state index contributed by atoms with van der Waals surface area (Å²) in [5.41, 5.74) is 4.06. The Balaban J connectivity index is 1.34. The molecule has 2 bridgehead atoms.